The van der Waals surface area contributed by atoms with E-state index in [4.69, 9.17) is 0 Å². The van der Waals surface area contributed by atoms with Crippen LogP contribution in [0.5, 0.6) is 0 Å². The normalized spacial score (nSPS) is 12.2. The molecule has 0 aliphatic heterocycles. The van der Waals surface area contributed by atoms with Crippen LogP contribution in [0.3, 0.4) is 0 Å². The number of aryl methyl sites for hydroxylation is 1. The molecule has 0 spiro atoms. The SMILES string of the molecule is Cc1ccccc1CC(C)Nc1ccccc1CO. The molecule has 0 aliphatic rings. The van der Waals surface area contributed by atoms with Crippen molar-refractivity contribution in [2.75, 3.05) is 5.32 Å². The van der Waals surface area contributed by atoms with E-state index in [9.17, 15) is 5.11 Å². The quantitative estimate of drug-likeness (QED) is 0.856. The van der Waals surface area contributed by atoms with Gasteiger partial charge >= 0.3 is 0 Å². The van der Waals surface area contributed by atoms with Crippen LogP contribution >= 0.6 is 0 Å². The summed E-state index contributed by atoms with van der Waals surface area (Å²) in [6.07, 6.45) is 0.979. The van der Waals surface area contributed by atoms with Crippen LogP contribution in [0.4, 0.5) is 5.69 Å². The second-order valence-corrected chi connectivity index (χ2v) is 4.99. The maximum atomic E-state index is 9.33. The van der Waals surface area contributed by atoms with Gasteiger partial charge in [0.25, 0.3) is 0 Å². The first-order chi connectivity index (χ1) is 9.20. The summed E-state index contributed by atoms with van der Waals surface area (Å²) in [5.41, 5.74) is 4.65. The van der Waals surface area contributed by atoms with Crippen LogP contribution in [0.15, 0.2) is 48.5 Å². The Morgan fingerprint density at radius 2 is 1.63 bits per heavy atom. The first kappa shape index (κ1) is 13.6. The second kappa shape index (κ2) is 6.39. The van der Waals surface area contributed by atoms with Crippen molar-refractivity contribution in [1.29, 1.82) is 0 Å². The van der Waals surface area contributed by atoms with Crippen molar-refractivity contribution in [3.05, 3.63) is 65.2 Å². The first-order valence-electron chi connectivity index (χ1n) is 6.70. The van der Waals surface area contributed by atoms with Gasteiger partial charge in [0.05, 0.1) is 6.61 Å². The zero-order valence-corrected chi connectivity index (χ0v) is 11.6. The van der Waals surface area contributed by atoms with Gasteiger partial charge in [-0.2, -0.15) is 0 Å². The minimum atomic E-state index is 0.0697. The van der Waals surface area contributed by atoms with Gasteiger partial charge in [-0.3, -0.25) is 0 Å². The third-order valence-corrected chi connectivity index (χ3v) is 3.38. The number of hydrogen-bond donors (Lipinski definition) is 2. The molecule has 0 saturated heterocycles. The molecular formula is C17H21NO. The van der Waals surface area contributed by atoms with Gasteiger partial charge in [0.1, 0.15) is 0 Å². The molecule has 1 unspecified atom stereocenters. The lowest BCUT2D eigenvalue weighted by Gasteiger charge is -2.18. The lowest BCUT2D eigenvalue weighted by atomic mass is 10.0. The maximum absolute atomic E-state index is 9.33. The molecule has 0 bridgehead atoms. The minimum absolute atomic E-state index is 0.0697. The summed E-state index contributed by atoms with van der Waals surface area (Å²) in [6, 6.07) is 16.7. The summed E-state index contributed by atoms with van der Waals surface area (Å²) >= 11 is 0. The molecule has 2 aromatic rings. The highest BCUT2D eigenvalue weighted by atomic mass is 16.3. The lowest BCUT2D eigenvalue weighted by molar-refractivity contribution is 0.282. The predicted octanol–water partition coefficient (Wildman–Crippen LogP) is 3.53. The number of rotatable bonds is 5. The van der Waals surface area contributed by atoms with Crippen molar-refractivity contribution in [3.63, 3.8) is 0 Å². The lowest BCUT2D eigenvalue weighted by Crippen LogP contribution is -2.19. The number of benzene rings is 2. The predicted molar refractivity (Wildman–Crippen MR) is 80.3 cm³/mol. The molecular weight excluding hydrogens is 234 g/mol. The number of aliphatic hydroxyl groups excluding tert-OH is 1. The zero-order chi connectivity index (χ0) is 13.7. The van der Waals surface area contributed by atoms with Crippen molar-refractivity contribution >= 4 is 5.69 Å². The fourth-order valence-electron chi connectivity index (χ4n) is 2.28. The molecule has 1 atom stereocenters. The van der Waals surface area contributed by atoms with Gasteiger partial charge in [-0.1, -0.05) is 42.5 Å². The summed E-state index contributed by atoms with van der Waals surface area (Å²) in [5, 5.41) is 12.8. The number of para-hydroxylation sites is 1. The Kier molecular flexibility index (Phi) is 4.58. The summed E-state index contributed by atoms with van der Waals surface area (Å²) in [6.45, 7) is 4.38. The molecule has 2 aromatic carbocycles. The van der Waals surface area contributed by atoms with Gasteiger partial charge in [0.15, 0.2) is 0 Å². The molecule has 0 saturated carbocycles. The van der Waals surface area contributed by atoms with E-state index in [0.29, 0.717) is 6.04 Å². The summed E-state index contributed by atoms with van der Waals surface area (Å²) in [5.74, 6) is 0. The Morgan fingerprint density at radius 1 is 1.00 bits per heavy atom. The topological polar surface area (TPSA) is 32.3 Å². The largest absolute Gasteiger partial charge is 0.392 e. The van der Waals surface area contributed by atoms with Crippen LogP contribution in [-0.2, 0) is 13.0 Å². The van der Waals surface area contributed by atoms with E-state index in [1.165, 1.54) is 11.1 Å². The van der Waals surface area contributed by atoms with Gasteiger partial charge < -0.3 is 10.4 Å². The summed E-state index contributed by atoms with van der Waals surface area (Å²) in [7, 11) is 0. The number of anilines is 1. The average molecular weight is 255 g/mol. The Balaban J connectivity index is 2.05. The van der Waals surface area contributed by atoms with E-state index in [1.54, 1.807) is 0 Å². The van der Waals surface area contributed by atoms with Gasteiger partial charge in [-0.05, 0) is 37.5 Å². The molecule has 19 heavy (non-hydrogen) atoms. The minimum Gasteiger partial charge on any atom is -0.392 e. The van der Waals surface area contributed by atoms with Crippen molar-refractivity contribution in [3.8, 4) is 0 Å². The van der Waals surface area contributed by atoms with E-state index in [-0.39, 0.29) is 6.61 Å². The summed E-state index contributed by atoms with van der Waals surface area (Å²) < 4.78 is 0. The number of hydrogen-bond acceptors (Lipinski definition) is 2. The van der Waals surface area contributed by atoms with E-state index in [2.05, 4.69) is 43.4 Å². The second-order valence-electron chi connectivity index (χ2n) is 4.99. The van der Waals surface area contributed by atoms with E-state index in [0.717, 1.165) is 17.7 Å². The number of nitrogens with one attached hydrogen (secondary N) is 1. The fourth-order valence-corrected chi connectivity index (χ4v) is 2.28. The van der Waals surface area contributed by atoms with Crippen LogP contribution in [-0.4, -0.2) is 11.1 Å². The van der Waals surface area contributed by atoms with Crippen molar-refractivity contribution in [1.82, 2.24) is 0 Å². The van der Waals surface area contributed by atoms with E-state index < -0.39 is 0 Å². The van der Waals surface area contributed by atoms with Crippen LogP contribution in [0, 0.1) is 6.92 Å². The van der Waals surface area contributed by atoms with E-state index in [1.807, 2.05) is 24.3 Å². The Bertz CT molecular complexity index is 536. The molecule has 2 rings (SSSR count). The highest BCUT2D eigenvalue weighted by molar-refractivity contribution is 5.51. The Labute approximate surface area is 115 Å². The Morgan fingerprint density at radius 3 is 2.32 bits per heavy atom. The zero-order valence-electron chi connectivity index (χ0n) is 11.6. The van der Waals surface area contributed by atoms with Gasteiger partial charge in [0.2, 0.25) is 0 Å². The molecule has 0 fully saturated rings. The standard InChI is InChI=1S/C17H21NO/c1-13-7-3-4-8-15(13)11-14(2)18-17-10-6-5-9-16(17)12-19/h3-10,14,18-19H,11-12H2,1-2H3. The summed E-state index contributed by atoms with van der Waals surface area (Å²) in [4.78, 5) is 0. The molecule has 0 aliphatic carbocycles. The molecule has 100 valence electrons. The first-order valence-corrected chi connectivity index (χ1v) is 6.70. The molecule has 0 amide bonds. The highest BCUT2D eigenvalue weighted by Crippen LogP contribution is 2.18. The average Bonchev–Trinajstić information content (AvgIpc) is 2.42. The Hall–Kier alpha value is -1.80. The van der Waals surface area contributed by atoms with Crippen LogP contribution in [0.25, 0.3) is 0 Å². The third kappa shape index (κ3) is 3.58. The molecule has 2 nitrogen and oxygen atoms in total. The van der Waals surface area contributed by atoms with Crippen molar-refractivity contribution < 1.29 is 5.11 Å². The van der Waals surface area contributed by atoms with Gasteiger partial charge in [-0.25, -0.2) is 0 Å². The monoisotopic (exact) mass is 255 g/mol. The molecule has 0 radical (unpaired) electrons. The third-order valence-electron chi connectivity index (χ3n) is 3.38. The fraction of sp³-hybridized carbons (Fsp3) is 0.294. The van der Waals surface area contributed by atoms with E-state index >= 15 is 0 Å². The van der Waals surface area contributed by atoms with Crippen molar-refractivity contribution in [2.45, 2.75) is 32.9 Å². The maximum Gasteiger partial charge on any atom is 0.0701 e. The molecule has 2 heteroatoms. The van der Waals surface area contributed by atoms with Crippen LogP contribution in [0.1, 0.15) is 23.6 Å². The molecule has 2 N–H and O–H groups in total. The van der Waals surface area contributed by atoms with Crippen molar-refractivity contribution in [2.24, 2.45) is 0 Å². The molecule has 0 aromatic heterocycles. The number of aliphatic hydroxyl groups is 1. The highest BCUT2D eigenvalue weighted by Gasteiger charge is 2.07. The van der Waals surface area contributed by atoms with Gasteiger partial charge in [-0.15, -0.1) is 0 Å². The molecule has 0 heterocycles. The smallest absolute Gasteiger partial charge is 0.0701 e. The van der Waals surface area contributed by atoms with Crippen LogP contribution in [0.2, 0.25) is 0 Å². The van der Waals surface area contributed by atoms with Crippen LogP contribution < -0.4 is 5.32 Å². The van der Waals surface area contributed by atoms with Gasteiger partial charge in [0, 0.05) is 17.3 Å².